The number of benzene rings is 1. The molecule has 30 heavy (non-hydrogen) atoms. The Morgan fingerprint density at radius 2 is 2.20 bits per heavy atom. The van der Waals surface area contributed by atoms with Gasteiger partial charge in [0.15, 0.2) is 5.96 Å². The van der Waals surface area contributed by atoms with Gasteiger partial charge in [-0.05, 0) is 30.0 Å². The van der Waals surface area contributed by atoms with Crippen LogP contribution in [-0.2, 0) is 17.8 Å². The van der Waals surface area contributed by atoms with E-state index < -0.39 is 0 Å². The number of ether oxygens (including phenoxy) is 2. The third kappa shape index (κ3) is 5.20. The van der Waals surface area contributed by atoms with E-state index in [1.807, 2.05) is 17.5 Å². The highest BCUT2D eigenvalue weighted by atomic mass is 32.1. The third-order valence-electron chi connectivity index (χ3n) is 4.79. The number of aromatic nitrogens is 1. The molecule has 0 aliphatic carbocycles. The van der Waals surface area contributed by atoms with E-state index in [1.165, 1.54) is 5.56 Å². The minimum absolute atomic E-state index is 0.118. The second kappa shape index (κ2) is 9.77. The lowest BCUT2D eigenvalue weighted by molar-refractivity contribution is 0.140. The van der Waals surface area contributed by atoms with Crippen LogP contribution >= 0.6 is 11.3 Å². The zero-order chi connectivity index (χ0) is 20.8. The quantitative estimate of drug-likeness (QED) is 0.442. The first kappa shape index (κ1) is 20.4. The van der Waals surface area contributed by atoms with Crippen LogP contribution in [-0.4, -0.2) is 37.3 Å². The maximum Gasteiger partial charge on any atom is 0.236 e. The van der Waals surface area contributed by atoms with Gasteiger partial charge in [-0.1, -0.05) is 18.2 Å². The summed E-state index contributed by atoms with van der Waals surface area (Å²) in [4.78, 5) is 9.84. The van der Waals surface area contributed by atoms with Crippen LogP contribution in [0.5, 0.6) is 5.75 Å². The van der Waals surface area contributed by atoms with Gasteiger partial charge in [0, 0.05) is 25.6 Å². The van der Waals surface area contributed by atoms with E-state index in [2.05, 4.69) is 45.7 Å². The fourth-order valence-electron chi connectivity index (χ4n) is 3.18. The Kier molecular flexibility index (Phi) is 6.66. The summed E-state index contributed by atoms with van der Waals surface area (Å²) in [5, 5.41) is 8.63. The number of aryl methyl sites for hydroxylation is 1. The van der Waals surface area contributed by atoms with Crippen molar-refractivity contribution in [2.45, 2.75) is 32.5 Å². The van der Waals surface area contributed by atoms with Crippen LogP contribution in [0.25, 0.3) is 10.8 Å². The third-order valence-corrected chi connectivity index (χ3v) is 5.65. The molecule has 1 saturated heterocycles. The number of hydrogen-bond donors (Lipinski definition) is 2. The van der Waals surface area contributed by atoms with Crippen LogP contribution in [0.3, 0.4) is 0 Å². The molecule has 0 radical (unpaired) electrons. The first-order valence-corrected chi connectivity index (χ1v) is 10.9. The van der Waals surface area contributed by atoms with Gasteiger partial charge >= 0.3 is 0 Å². The minimum atomic E-state index is 0.118. The maximum atomic E-state index is 6.17. The number of nitrogens with one attached hydrogen (secondary N) is 2. The highest BCUT2D eigenvalue weighted by molar-refractivity contribution is 7.13. The van der Waals surface area contributed by atoms with Crippen molar-refractivity contribution < 1.29 is 13.9 Å². The summed E-state index contributed by atoms with van der Waals surface area (Å²) in [6.07, 6.45) is 2.72. The number of guanidine groups is 1. The van der Waals surface area contributed by atoms with Crippen LogP contribution in [0.1, 0.15) is 23.2 Å². The standard InChI is InChI=1S/C22H26N4O3S/c1-15-5-6-16(19(10-15)29-18-7-8-27-14-18)11-24-22(23-2)25-12-17-13-28-21(26-17)20-4-3-9-30-20/h3-6,9-10,13,18H,7-8,11-12,14H2,1-2H3,(H2,23,24,25). The maximum absolute atomic E-state index is 6.17. The second-order valence-electron chi connectivity index (χ2n) is 7.12. The monoisotopic (exact) mass is 426 g/mol. The van der Waals surface area contributed by atoms with Crippen molar-refractivity contribution in [1.82, 2.24) is 15.6 Å². The van der Waals surface area contributed by atoms with Gasteiger partial charge in [-0.25, -0.2) is 4.98 Å². The number of aliphatic imine (C=N–C) groups is 1. The van der Waals surface area contributed by atoms with Crippen molar-refractivity contribution in [3.63, 3.8) is 0 Å². The van der Waals surface area contributed by atoms with Crippen molar-refractivity contribution in [1.29, 1.82) is 0 Å². The van der Waals surface area contributed by atoms with Crippen molar-refractivity contribution in [3.8, 4) is 16.5 Å². The van der Waals surface area contributed by atoms with Crippen molar-refractivity contribution >= 4 is 17.3 Å². The lowest BCUT2D eigenvalue weighted by Gasteiger charge is -2.18. The number of rotatable bonds is 7. The molecule has 0 saturated carbocycles. The van der Waals surface area contributed by atoms with Crippen LogP contribution < -0.4 is 15.4 Å². The Bertz CT molecular complexity index is 978. The topological polar surface area (TPSA) is 80.9 Å². The average Bonchev–Trinajstić information content (AvgIpc) is 3.52. The summed E-state index contributed by atoms with van der Waals surface area (Å²) in [7, 11) is 1.75. The fraction of sp³-hybridized carbons (Fsp3) is 0.364. The minimum Gasteiger partial charge on any atom is -0.488 e. The van der Waals surface area contributed by atoms with Gasteiger partial charge in [-0.2, -0.15) is 0 Å². The Morgan fingerprint density at radius 1 is 1.30 bits per heavy atom. The lowest BCUT2D eigenvalue weighted by Crippen LogP contribution is -2.36. The molecule has 7 nitrogen and oxygen atoms in total. The molecular formula is C22H26N4O3S. The summed E-state index contributed by atoms with van der Waals surface area (Å²) >= 11 is 1.60. The van der Waals surface area contributed by atoms with Crippen molar-refractivity contribution in [2.24, 2.45) is 4.99 Å². The first-order valence-electron chi connectivity index (χ1n) is 9.98. The summed E-state index contributed by atoms with van der Waals surface area (Å²) in [5.41, 5.74) is 3.07. The SMILES string of the molecule is CN=C(NCc1coc(-c2cccs2)n1)NCc1ccc(C)cc1OC1CCOC1. The number of thiophene rings is 1. The number of oxazole rings is 1. The number of hydrogen-bond acceptors (Lipinski definition) is 6. The lowest BCUT2D eigenvalue weighted by atomic mass is 10.1. The van der Waals surface area contributed by atoms with E-state index in [-0.39, 0.29) is 6.10 Å². The van der Waals surface area contributed by atoms with E-state index in [0.717, 1.165) is 34.9 Å². The molecule has 1 fully saturated rings. The molecule has 0 amide bonds. The van der Waals surface area contributed by atoms with Gasteiger partial charge in [0.05, 0.1) is 30.3 Å². The molecule has 0 spiro atoms. The van der Waals surface area contributed by atoms with Gasteiger partial charge in [0.1, 0.15) is 18.1 Å². The highest BCUT2D eigenvalue weighted by Gasteiger charge is 2.19. The molecule has 2 N–H and O–H groups in total. The van der Waals surface area contributed by atoms with Gasteiger partial charge in [0.2, 0.25) is 5.89 Å². The Balaban J connectivity index is 1.33. The predicted octanol–water partition coefficient (Wildman–Crippen LogP) is 3.74. The largest absolute Gasteiger partial charge is 0.488 e. The molecular weight excluding hydrogens is 400 g/mol. The fourth-order valence-corrected chi connectivity index (χ4v) is 3.83. The van der Waals surface area contributed by atoms with E-state index >= 15 is 0 Å². The van der Waals surface area contributed by atoms with Gasteiger partial charge in [-0.15, -0.1) is 11.3 Å². The van der Waals surface area contributed by atoms with E-state index in [9.17, 15) is 0 Å². The Labute approximate surface area is 180 Å². The molecule has 1 unspecified atom stereocenters. The number of nitrogens with zero attached hydrogens (tertiary/aromatic N) is 2. The van der Waals surface area contributed by atoms with Crippen LogP contribution in [0.2, 0.25) is 0 Å². The smallest absolute Gasteiger partial charge is 0.236 e. The molecule has 1 aromatic carbocycles. The summed E-state index contributed by atoms with van der Waals surface area (Å²) in [6.45, 7) is 4.59. The predicted molar refractivity (Wildman–Crippen MR) is 118 cm³/mol. The second-order valence-corrected chi connectivity index (χ2v) is 8.06. The zero-order valence-electron chi connectivity index (χ0n) is 17.2. The van der Waals surface area contributed by atoms with Gasteiger partial charge < -0.3 is 24.5 Å². The van der Waals surface area contributed by atoms with Gasteiger partial charge in [0.25, 0.3) is 0 Å². The molecule has 1 aliphatic rings. The summed E-state index contributed by atoms with van der Waals surface area (Å²) in [6, 6.07) is 10.2. The molecule has 4 rings (SSSR count). The van der Waals surface area contributed by atoms with Crippen molar-refractivity contribution in [3.05, 3.63) is 58.8 Å². The molecule has 0 bridgehead atoms. The van der Waals surface area contributed by atoms with E-state index in [1.54, 1.807) is 24.6 Å². The molecule has 158 valence electrons. The molecule has 3 heterocycles. The van der Waals surface area contributed by atoms with Crippen LogP contribution in [0.4, 0.5) is 0 Å². The molecule has 3 aromatic rings. The van der Waals surface area contributed by atoms with E-state index in [4.69, 9.17) is 13.9 Å². The molecule has 8 heteroatoms. The Morgan fingerprint density at radius 3 is 2.97 bits per heavy atom. The molecule has 1 aliphatic heterocycles. The summed E-state index contributed by atoms with van der Waals surface area (Å²) in [5.74, 6) is 2.22. The van der Waals surface area contributed by atoms with Crippen molar-refractivity contribution in [2.75, 3.05) is 20.3 Å². The average molecular weight is 427 g/mol. The molecule has 2 aromatic heterocycles. The van der Waals surface area contributed by atoms with E-state index in [0.29, 0.717) is 31.5 Å². The van der Waals surface area contributed by atoms with Gasteiger partial charge in [-0.3, -0.25) is 4.99 Å². The Hall–Kier alpha value is -2.84. The first-order chi connectivity index (χ1) is 14.7. The normalized spacial score (nSPS) is 16.6. The molecule has 1 atom stereocenters. The zero-order valence-corrected chi connectivity index (χ0v) is 18.0. The van der Waals surface area contributed by atoms with Crippen LogP contribution in [0, 0.1) is 6.92 Å². The van der Waals surface area contributed by atoms with Crippen LogP contribution in [0.15, 0.2) is 51.4 Å². The summed E-state index contributed by atoms with van der Waals surface area (Å²) < 4.78 is 17.2. The highest BCUT2D eigenvalue weighted by Crippen LogP contribution is 2.24.